The lowest BCUT2D eigenvalue weighted by Gasteiger charge is -2.16. The molecule has 0 radical (unpaired) electrons. The van der Waals surface area contributed by atoms with Crippen LogP contribution in [0, 0.1) is 11.8 Å². The largest absolute Gasteiger partial charge is 0.369 e. The number of carbonyl (C=O) groups is 2. The van der Waals surface area contributed by atoms with Gasteiger partial charge in [-0.25, -0.2) is 0 Å². The van der Waals surface area contributed by atoms with Gasteiger partial charge in [0.15, 0.2) is 0 Å². The van der Waals surface area contributed by atoms with Gasteiger partial charge in [-0.3, -0.25) is 9.59 Å². The maximum absolute atomic E-state index is 12.3. The number of rotatable bonds is 3. The number of aryl methyl sites for hydroxylation is 1. The van der Waals surface area contributed by atoms with Gasteiger partial charge in [0.1, 0.15) is 0 Å². The quantitative estimate of drug-likeness (QED) is 0.894. The Balaban J connectivity index is 2.10. The highest BCUT2D eigenvalue weighted by Crippen LogP contribution is 2.24. The molecule has 19 heavy (non-hydrogen) atoms. The van der Waals surface area contributed by atoms with E-state index in [1.54, 1.807) is 4.90 Å². The smallest absolute Gasteiger partial charge is 0.253 e. The zero-order chi connectivity index (χ0) is 14.0. The van der Waals surface area contributed by atoms with Crippen molar-refractivity contribution in [1.82, 2.24) is 4.90 Å². The summed E-state index contributed by atoms with van der Waals surface area (Å²) in [6.45, 7) is 5.08. The molecule has 0 unspecified atom stereocenters. The van der Waals surface area contributed by atoms with Gasteiger partial charge in [-0.1, -0.05) is 26.0 Å². The summed E-state index contributed by atoms with van der Waals surface area (Å²) in [5.41, 5.74) is 7.24. The van der Waals surface area contributed by atoms with Crippen molar-refractivity contribution in [3.8, 4) is 0 Å². The Morgan fingerprint density at radius 3 is 2.37 bits per heavy atom. The average molecular weight is 260 g/mol. The fourth-order valence-electron chi connectivity index (χ4n) is 2.57. The molecule has 0 aliphatic carbocycles. The van der Waals surface area contributed by atoms with Crippen LogP contribution in [0.4, 0.5) is 0 Å². The third-order valence-electron chi connectivity index (χ3n) is 3.87. The van der Waals surface area contributed by atoms with E-state index in [0.717, 1.165) is 6.42 Å². The molecule has 102 valence electrons. The number of nitrogens with zero attached hydrogens (tertiary/aromatic N) is 1. The van der Waals surface area contributed by atoms with Gasteiger partial charge in [-0.2, -0.15) is 0 Å². The molecule has 4 nitrogen and oxygen atoms in total. The summed E-state index contributed by atoms with van der Waals surface area (Å²) in [7, 11) is 0. The molecule has 4 heteroatoms. The highest BCUT2D eigenvalue weighted by molar-refractivity contribution is 5.95. The molecule has 2 rings (SSSR count). The SMILES string of the molecule is CCc1ccc(C(=O)N2C[C@@H](C)[C@H](C(N)=O)C2)cc1. The summed E-state index contributed by atoms with van der Waals surface area (Å²) in [6.07, 6.45) is 0.957. The highest BCUT2D eigenvalue weighted by Gasteiger charge is 2.35. The first kappa shape index (κ1) is 13.6. The Kier molecular flexibility index (Phi) is 3.88. The summed E-state index contributed by atoms with van der Waals surface area (Å²) in [5.74, 6) is -0.419. The zero-order valence-corrected chi connectivity index (χ0v) is 11.4. The molecular formula is C15H20N2O2. The van der Waals surface area contributed by atoms with Gasteiger partial charge >= 0.3 is 0 Å². The molecule has 2 N–H and O–H groups in total. The number of carbonyl (C=O) groups excluding carboxylic acids is 2. The van der Waals surface area contributed by atoms with Crippen molar-refractivity contribution in [2.75, 3.05) is 13.1 Å². The molecule has 1 saturated heterocycles. The van der Waals surface area contributed by atoms with Gasteiger partial charge in [0.2, 0.25) is 5.91 Å². The highest BCUT2D eigenvalue weighted by atomic mass is 16.2. The van der Waals surface area contributed by atoms with E-state index >= 15 is 0 Å². The second-order valence-electron chi connectivity index (χ2n) is 5.25. The van der Waals surface area contributed by atoms with Crippen molar-refractivity contribution in [1.29, 1.82) is 0 Å². The van der Waals surface area contributed by atoms with E-state index in [-0.39, 0.29) is 23.7 Å². The van der Waals surface area contributed by atoms with E-state index < -0.39 is 0 Å². The monoisotopic (exact) mass is 260 g/mol. The third kappa shape index (κ3) is 2.78. The summed E-state index contributed by atoms with van der Waals surface area (Å²) >= 11 is 0. The first-order valence-electron chi connectivity index (χ1n) is 6.70. The van der Waals surface area contributed by atoms with Crippen LogP contribution in [-0.2, 0) is 11.2 Å². The molecule has 1 heterocycles. The van der Waals surface area contributed by atoms with E-state index in [4.69, 9.17) is 5.73 Å². The fraction of sp³-hybridized carbons (Fsp3) is 0.467. The number of likely N-dealkylation sites (tertiary alicyclic amines) is 1. The van der Waals surface area contributed by atoms with Crippen LogP contribution in [0.15, 0.2) is 24.3 Å². The van der Waals surface area contributed by atoms with Crippen molar-refractivity contribution in [2.45, 2.75) is 20.3 Å². The second-order valence-corrected chi connectivity index (χ2v) is 5.25. The van der Waals surface area contributed by atoms with E-state index in [0.29, 0.717) is 18.7 Å². The predicted octanol–water partition coefficient (Wildman–Crippen LogP) is 1.44. The number of amides is 2. The predicted molar refractivity (Wildman–Crippen MR) is 73.6 cm³/mol. The van der Waals surface area contributed by atoms with Crippen LogP contribution in [0.25, 0.3) is 0 Å². The molecule has 0 bridgehead atoms. The topological polar surface area (TPSA) is 63.4 Å². The van der Waals surface area contributed by atoms with Crippen molar-refractivity contribution in [2.24, 2.45) is 17.6 Å². The van der Waals surface area contributed by atoms with Crippen molar-refractivity contribution >= 4 is 11.8 Å². The first-order chi connectivity index (χ1) is 9.02. The molecular weight excluding hydrogens is 240 g/mol. The molecule has 1 aromatic rings. The van der Waals surface area contributed by atoms with Gasteiger partial charge in [-0.15, -0.1) is 0 Å². The Morgan fingerprint density at radius 1 is 1.26 bits per heavy atom. The normalized spacial score (nSPS) is 22.5. The van der Waals surface area contributed by atoms with Crippen LogP contribution >= 0.6 is 0 Å². The van der Waals surface area contributed by atoms with Crippen LogP contribution < -0.4 is 5.73 Å². The van der Waals surface area contributed by atoms with E-state index in [1.165, 1.54) is 5.56 Å². The number of hydrogen-bond acceptors (Lipinski definition) is 2. The Morgan fingerprint density at radius 2 is 1.89 bits per heavy atom. The van der Waals surface area contributed by atoms with Gasteiger partial charge in [-0.05, 0) is 30.0 Å². The number of benzene rings is 1. The molecule has 0 aromatic heterocycles. The summed E-state index contributed by atoms with van der Waals surface area (Å²) in [4.78, 5) is 25.3. The lowest BCUT2D eigenvalue weighted by Crippen LogP contribution is -2.31. The van der Waals surface area contributed by atoms with Crippen LogP contribution in [0.1, 0.15) is 29.8 Å². The van der Waals surface area contributed by atoms with E-state index in [1.807, 2.05) is 31.2 Å². The Labute approximate surface area is 113 Å². The lowest BCUT2D eigenvalue weighted by atomic mass is 9.98. The van der Waals surface area contributed by atoms with Crippen LogP contribution in [-0.4, -0.2) is 29.8 Å². The third-order valence-corrected chi connectivity index (χ3v) is 3.87. The standard InChI is InChI=1S/C15H20N2O2/c1-3-11-4-6-12(7-5-11)15(19)17-8-10(2)13(9-17)14(16)18/h4-7,10,13H,3,8-9H2,1-2H3,(H2,16,18)/t10-,13-/m1/s1. The Bertz CT molecular complexity index is 481. The van der Waals surface area contributed by atoms with Gasteiger partial charge < -0.3 is 10.6 Å². The molecule has 1 fully saturated rings. The zero-order valence-electron chi connectivity index (χ0n) is 11.4. The van der Waals surface area contributed by atoms with Gasteiger partial charge in [0, 0.05) is 18.7 Å². The fourth-order valence-corrected chi connectivity index (χ4v) is 2.57. The molecule has 2 atom stereocenters. The maximum Gasteiger partial charge on any atom is 0.253 e. The maximum atomic E-state index is 12.3. The van der Waals surface area contributed by atoms with Crippen LogP contribution in [0.5, 0.6) is 0 Å². The molecule has 1 aliphatic rings. The van der Waals surface area contributed by atoms with Crippen LogP contribution in [0.3, 0.4) is 0 Å². The molecule has 0 saturated carbocycles. The average Bonchev–Trinajstić information content (AvgIpc) is 2.80. The summed E-state index contributed by atoms with van der Waals surface area (Å²) in [5, 5.41) is 0. The van der Waals surface area contributed by atoms with Crippen molar-refractivity contribution in [3.63, 3.8) is 0 Å². The minimum absolute atomic E-state index is 0.0155. The molecule has 1 aliphatic heterocycles. The van der Waals surface area contributed by atoms with Gasteiger partial charge in [0.05, 0.1) is 5.92 Å². The number of hydrogen-bond donors (Lipinski definition) is 1. The lowest BCUT2D eigenvalue weighted by molar-refractivity contribution is -0.122. The summed E-state index contributed by atoms with van der Waals surface area (Å²) in [6, 6.07) is 7.64. The second kappa shape index (κ2) is 5.43. The molecule has 1 aromatic carbocycles. The van der Waals surface area contributed by atoms with Gasteiger partial charge in [0.25, 0.3) is 5.91 Å². The van der Waals surface area contributed by atoms with Crippen molar-refractivity contribution < 1.29 is 9.59 Å². The molecule has 2 amide bonds. The van der Waals surface area contributed by atoms with E-state index in [9.17, 15) is 9.59 Å². The minimum atomic E-state index is -0.316. The van der Waals surface area contributed by atoms with Crippen LogP contribution in [0.2, 0.25) is 0 Å². The summed E-state index contributed by atoms with van der Waals surface area (Å²) < 4.78 is 0. The van der Waals surface area contributed by atoms with Crippen molar-refractivity contribution in [3.05, 3.63) is 35.4 Å². The Hall–Kier alpha value is -1.84. The minimum Gasteiger partial charge on any atom is -0.369 e. The van der Waals surface area contributed by atoms with E-state index in [2.05, 4.69) is 6.92 Å². The molecule has 0 spiro atoms. The number of nitrogens with two attached hydrogens (primary N) is 1. The first-order valence-corrected chi connectivity index (χ1v) is 6.70. The number of primary amides is 1.